The molecule has 0 saturated heterocycles. The van der Waals surface area contributed by atoms with Crippen LogP contribution < -0.4 is 15.8 Å². The second-order valence-corrected chi connectivity index (χ2v) is 6.06. The Kier molecular flexibility index (Phi) is 5.66. The van der Waals surface area contributed by atoms with E-state index in [0.29, 0.717) is 23.1 Å². The molecule has 0 bridgehead atoms. The summed E-state index contributed by atoms with van der Waals surface area (Å²) in [6.45, 7) is 7.09. The van der Waals surface area contributed by atoms with E-state index in [1.807, 2.05) is 19.1 Å². The Morgan fingerprint density at radius 2 is 2.04 bits per heavy atom. The van der Waals surface area contributed by atoms with Crippen molar-refractivity contribution in [1.82, 2.24) is 9.97 Å². The van der Waals surface area contributed by atoms with E-state index < -0.39 is 0 Å². The highest BCUT2D eigenvalue weighted by atomic mass is 35.5. The van der Waals surface area contributed by atoms with Crippen LogP contribution in [0.4, 0.5) is 11.8 Å². The van der Waals surface area contributed by atoms with E-state index in [2.05, 4.69) is 29.1 Å². The quantitative estimate of drug-likeness (QED) is 0.839. The van der Waals surface area contributed by atoms with Gasteiger partial charge in [-0.2, -0.15) is 4.98 Å². The summed E-state index contributed by atoms with van der Waals surface area (Å²) in [6.07, 6.45) is 2.45. The SMILES string of the molecule is CCNc1nc(N)ncc1Cc1cc(Cl)c(OC)cc1C(C)C. The Morgan fingerprint density at radius 3 is 2.65 bits per heavy atom. The number of nitrogens with zero attached hydrogens (tertiary/aromatic N) is 2. The van der Waals surface area contributed by atoms with E-state index in [9.17, 15) is 0 Å². The Hall–Kier alpha value is -2.01. The van der Waals surface area contributed by atoms with Crippen LogP contribution in [0.2, 0.25) is 5.02 Å². The van der Waals surface area contributed by atoms with E-state index in [4.69, 9.17) is 22.1 Å². The molecule has 2 aromatic rings. The number of nitrogens with two attached hydrogens (primary N) is 1. The molecule has 0 atom stereocenters. The average Bonchev–Trinajstić information content (AvgIpc) is 2.50. The molecule has 0 aliphatic heterocycles. The number of ether oxygens (including phenoxy) is 1. The minimum absolute atomic E-state index is 0.265. The van der Waals surface area contributed by atoms with Crippen molar-refractivity contribution in [3.05, 3.63) is 40.0 Å². The van der Waals surface area contributed by atoms with Gasteiger partial charge in [-0.3, -0.25) is 0 Å². The lowest BCUT2D eigenvalue weighted by molar-refractivity contribution is 0.414. The van der Waals surface area contributed by atoms with Crippen LogP contribution in [0, 0.1) is 0 Å². The van der Waals surface area contributed by atoms with Crippen LogP contribution in [-0.2, 0) is 6.42 Å². The van der Waals surface area contributed by atoms with Gasteiger partial charge in [-0.1, -0.05) is 25.4 Å². The van der Waals surface area contributed by atoms with Crippen molar-refractivity contribution in [3.8, 4) is 5.75 Å². The second-order valence-electron chi connectivity index (χ2n) is 5.65. The zero-order valence-corrected chi connectivity index (χ0v) is 14.7. The third kappa shape index (κ3) is 4.05. The van der Waals surface area contributed by atoms with Gasteiger partial charge in [0.25, 0.3) is 0 Å². The van der Waals surface area contributed by atoms with Crippen LogP contribution in [0.15, 0.2) is 18.3 Å². The van der Waals surface area contributed by atoms with E-state index in [-0.39, 0.29) is 5.95 Å². The lowest BCUT2D eigenvalue weighted by atomic mass is 9.93. The molecule has 0 unspecified atom stereocenters. The van der Waals surface area contributed by atoms with Crippen molar-refractivity contribution >= 4 is 23.4 Å². The van der Waals surface area contributed by atoms with Crippen LogP contribution >= 0.6 is 11.6 Å². The number of nitrogens with one attached hydrogen (secondary N) is 1. The summed E-state index contributed by atoms with van der Waals surface area (Å²) in [5.41, 5.74) is 9.02. The molecule has 23 heavy (non-hydrogen) atoms. The first-order valence-electron chi connectivity index (χ1n) is 7.67. The highest BCUT2D eigenvalue weighted by molar-refractivity contribution is 6.32. The Balaban J connectivity index is 2.45. The van der Waals surface area contributed by atoms with Crippen molar-refractivity contribution in [2.75, 3.05) is 24.7 Å². The van der Waals surface area contributed by atoms with Gasteiger partial charge in [-0.25, -0.2) is 4.98 Å². The summed E-state index contributed by atoms with van der Waals surface area (Å²) in [6, 6.07) is 3.97. The highest BCUT2D eigenvalue weighted by Gasteiger charge is 2.15. The first-order valence-corrected chi connectivity index (χ1v) is 8.05. The van der Waals surface area contributed by atoms with Gasteiger partial charge >= 0.3 is 0 Å². The average molecular weight is 335 g/mol. The number of anilines is 2. The topological polar surface area (TPSA) is 73.1 Å². The molecular formula is C17H23ClN4O. The molecule has 0 amide bonds. The van der Waals surface area contributed by atoms with Crippen LogP contribution in [0.25, 0.3) is 0 Å². The number of rotatable bonds is 6. The number of methoxy groups -OCH3 is 1. The van der Waals surface area contributed by atoms with E-state index in [0.717, 1.165) is 23.5 Å². The van der Waals surface area contributed by atoms with E-state index in [1.54, 1.807) is 13.3 Å². The summed E-state index contributed by atoms with van der Waals surface area (Å²) in [4.78, 5) is 8.41. The number of benzene rings is 1. The van der Waals surface area contributed by atoms with Gasteiger partial charge in [0.05, 0.1) is 12.1 Å². The maximum absolute atomic E-state index is 6.31. The molecule has 0 fully saturated rings. The lowest BCUT2D eigenvalue weighted by Crippen LogP contribution is -2.08. The van der Waals surface area contributed by atoms with Crippen LogP contribution in [0.3, 0.4) is 0 Å². The van der Waals surface area contributed by atoms with Crippen molar-refractivity contribution in [2.45, 2.75) is 33.1 Å². The summed E-state index contributed by atoms with van der Waals surface area (Å²) < 4.78 is 5.33. The molecule has 0 saturated carbocycles. The smallest absolute Gasteiger partial charge is 0.221 e. The summed E-state index contributed by atoms with van der Waals surface area (Å²) >= 11 is 6.31. The normalized spacial score (nSPS) is 10.9. The highest BCUT2D eigenvalue weighted by Crippen LogP contribution is 2.33. The largest absolute Gasteiger partial charge is 0.495 e. The maximum Gasteiger partial charge on any atom is 0.221 e. The fraction of sp³-hybridized carbons (Fsp3) is 0.412. The lowest BCUT2D eigenvalue weighted by Gasteiger charge is -2.17. The van der Waals surface area contributed by atoms with E-state index >= 15 is 0 Å². The van der Waals surface area contributed by atoms with Gasteiger partial charge in [0, 0.05) is 24.7 Å². The predicted molar refractivity (Wildman–Crippen MR) is 95.5 cm³/mol. The Bertz CT molecular complexity index is 689. The summed E-state index contributed by atoms with van der Waals surface area (Å²) in [7, 11) is 1.63. The van der Waals surface area contributed by atoms with Gasteiger partial charge in [-0.15, -0.1) is 0 Å². The van der Waals surface area contributed by atoms with Gasteiger partial charge in [0.2, 0.25) is 5.95 Å². The molecule has 0 aliphatic rings. The standard InChI is InChI=1S/C17H23ClN4O/c1-5-20-16-12(9-21-17(19)22-16)6-11-7-14(18)15(23-4)8-13(11)10(2)3/h7-10H,5-6H2,1-4H3,(H3,19,20,21,22). The minimum atomic E-state index is 0.265. The molecule has 0 spiro atoms. The zero-order chi connectivity index (χ0) is 17.0. The van der Waals surface area contributed by atoms with Crippen molar-refractivity contribution in [2.24, 2.45) is 0 Å². The number of hydrogen-bond donors (Lipinski definition) is 2. The van der Waals surface area contributed by atoms with Gasteiger partial charge in [0.15, 0.2) is 0 Å². The van der Waals surface area contributed by atoms with Crippen LogP contribution in [0.1, 0.15) is 43.4 Å². The molecule has 0 aliphatic carbocycles. The number of halogens is 1. The third-order valence-electron chi connectivity index (χ3n) is 3.64. The predicted octanol–water partition coefficient (Wildman–Crippen LogP) is 3.87. The molecule has 124 valence electrons. The first-order chi connectivity index (χ1) is 11.0. The number of aromatic nitrogens is 2. The molecule has 5 nitrogen and oxygen atoms in total. The second kappa shape index (κ2) is 7.51. The van der Waals surface area contributed by atoms with Crippen molar-refractivity contribution in [1.29, 1.82) is 0 Å². The van der Waals surface area contributed by atoms with Crippen molar-refractivity contribution in [3.63, 3.8) is 0 Å². The minimum Gasteiger partial charge on any atom is -0.495 e. The number of nitrogen functional groups attached to an aromatic ring is 1. The molecule has 0 radical (unpaired) electrons. The number of hydrogen-bond acceptors (Lipinski definition) is 5. The maximum atomic E-state index is 6.31. The van der Waals surface area contributed by atoms with Crippen molar-refractivity contribution < 1.29 is 4.74 Å². The van der Waals surface area contributed by atoms with Gasteiger partial charge in [-0.05, 0) is 36.1 Å². The fourth-order valence-corrected chi connectivity index (χ4v) is 2.80. The van der Waals surface area contributed by atoms with Gasteiger partial charge in [0.1, 0.15) is 11.6 Å². The Labute approximate surface area is 142 Å². The van der Waals surface area contributed by atoms with Crippen LogP contribution in [-0.4, -0.2) is 23.6 Å². The molecule has 1 aromatic carbocycles. The first kappa shape index (κ1) is 17.3. The Morgan fingerprint density at radius 1 is 1.30 bits per heavy atom. The van der Waals surface area contributed by atoms with Crippen LogP contribution in [0.5, 0.6) is 5.75 Å². The molecule has 1 heterocycles. The molecule has 2 rings (SSSR count). The molecule has 3 N–H and O–H groups in total. The molecule has 6 heteroatoms. The monoisotopic (exact) mass is 334 g/mol. The zero-order valence-electron chi connectivity index (χ0n) is 14.0. The molecule has 1 aromatic heterocycles. The van der Waals surface area contributed by atoms with Gasteiger partial charge < -0.3 is 15.8 Å². The molecular weight excluding hydrogens is 312 g/mol. The fourth-order valence-electron chi connectivity index (χ4n) is 2.53. The third-order valence-corrected chi connectivity index (χ3v) is 3.94. The summed E-state index contributed by atoms with van der Waals surface area (Å²) in [5, 5.41) is 3.84. The summed E-state index contributed by atoms with van der Waals surface area (Å²) in [5.74, 6) is 2.08. The van der Waals surface area contributed by atoms with E-state index in [1.165, 1.54) is 5.56 Å².